The number of nitrogens with zero attached hydrogens (tertiary/aromatic N) is 2. The van der Waals surface area contributed by atoms with Gasteiger partial charge in [0.2, 0.25) is 0 Å². The van der Waals surface area contributed by atoms with Crippen LogP contribution < -0.4 is 0 Å². The smallest absolute Gasteiger partial charge is 0.105 e. The number of hydrogen-bond acceptors (Lipinski definition) is 2. The molecule has 1 saturated heterocycles. The minimum absolute atomic E-state index is 1.01. The number of aliphatic imine (C=N–C) groups is 1. The van der Waals surface area contributed by atoms with Crippen LogP contribution in [0.5, 0.6) is 0 Å². The fourth-order valence-electron chi connectivity index (χ4n) is 2.21. The molecule has 0 spiro atoms. The summed E-state index contributed by atoms with van der Waals surface area (Å²) in [5, 5.41) is 0. The van der Waals surface area contributed by atoms with Gasteiger partial charge in [-0.15, -0.1) is 0 Å². The van der Waals surface area contributed by atoms with Gasteiger partial charge in [0.15, 0.2) is 0 Å². The quantitative estimate of drug-likeness (QED) is 0.706. The minimum atomic E-state index is 1.01. The van der Waals surface area contributed by atoms with E-state index in [4.69, 9.17) is 4.99 Å². The van der Waals surface area contributed by atoms with Crippen LogP contribution in [0.15, 0.2) is 26.1 Å². The van der Waals surface area contributed by atoms with E-state index in [2.05, 4.69) is 48.9 Å². The van der Waals surface area contributed by atoms with E-state index >= 15 is 0 Å². The molecular weight excluding hydrogens is 320 g/mol. The molecule has 78 valence electrons. The van der Waals surface area contributed by atoms with Gasteiger partial charge in [-0.3, -0.25) is 0 Å². The highest BCUT2D eigenvalue weighted by atomic mass is 79.9. The van der Waals surface area contributed by atoms with Crippen LogP contribution >= 0.6 is 31.9 Å². The van der Waals surface area contributed by atoms with Crippen LogP contribution in [0.25, 0.3) is 0 Å². The molecule has 2 heterocycles. The van der Waals surface area contributed by atoms with Gasteiger partial charge in [0.05, 0.1) is 5.69 Å². The van der Waals surface area contributed by atoms with Gasteiger partial charge in [-0.2, -0.15) is 0 Å². The van der Waals surface area contributed by atoms with Crippen molar-refractivity contribution in [1.82, 2.24) is 4.90 Å². The SMILES string of the molecule is Brc1cc(Br)c2c(c1)CN1CCCC1=N2. The maximum absolute atomic E-state index is 4.72. The molecule has 0 aliphatic carbocycles. The van der Waals surface area contributed by atoms with Gasteiger partial charge in [0.1, 0.15) is 5.84 Å². The summed E-state index contributed by atoms with van der Waals surface area (Å²) < 4.78 is 2.21. The highest BCUT2D eigenvalue weighted by molar-refractivity contribution is 9.11. The first-order valence-corrected chi connectivity index (χ1v) is 6.63. The molecule has 0 radical (unpaired) electrons. The van der Waals surface area contributed by atoms with Gasteiger partial charge < -0.3 is 4.90 Å². The lowest BCUT2D eigenvalue weighted by Crippen LogP contribution is -2.26. The Labute approximate surface area is 106 Å². The van der Waals surface area contributed by atoms with Gasteiger partial charge in [0.25, 0.3) is 0 Å². The summed E-state index contributed by atoms with van der Waals surface area (Å²) in [7, 11) is 0. The Kier molecular flexibility index (Phi) is 2.36. The average molecular weight is 330 g/mol. The molecular formula is C11H10Br2N2. The van der Waals surface area contributed by atoms with Crippen LogP contribution in [0.4, 0.5) is 5.69 Å². The first-order valence-electron chi connectivity index (χ1n) is 5.04. The summed E-state index contributed by atoms with van der Waals surface area (Å²) in [6.45, 7) is 2.16. The van der Waals surface area contributed by atoms with Crippen LogP contribution in [-0.4, -0.2) is 17.3 Å². The standard InChI is InChI=1S/C11H10Br2N2/c12-8-4-7-6-15-3-1-2-10(15)14-11(7)9(13)5-8/h4-5H,1-3,6H2. The summed E-state index contributed by atoms with van der Waals surface area (Å²) in [6, 6.07) is 4.23. The highest BCUT2D eigenvalue weighted by Crippen LogP contribution is 2.38. The predicted octanol–water partition coefficient (Wildman–Crippen LogP) is 3.85. The molecule has 2 aliphatic heterocycles. The number of amidine groups is 1. The molecule has 4 heteroatoms. The zero-order valence-corrected chi connectivity index (χ0v) is 11.3. The van der Waals surface area contributed by atoms with E-state index in [1.807, 2.05) is 0 Å². The number of rotatable bonds is 0. The van der Waals surface area contributed by atoms with Gasteiger partial charge in [-0.25, -0.2) is 4.99 Å². The Morgan fingerprint density at radius 1 is 1.27 bits per heavy atom. The van der Waals surface area contributed by atoms with Crippen molar-refractivity contribution < 1.29 is 0 Å². The molecule has 0 aromatic heterocycles. The second kappa shape index (κ2) is 3.59. The van der Waals surface area contributed by atoms with E-state index < -0.39 is 0 Å². The molecule has 0 bridgehead atoms. The Bertz CT molecular complexity index is 454. The van der Waals surface area contributed by atoms with Crippen molar-refractivity contribution in [3.05, 3.63) is 26.6 Å². The Morgan fingerprint density at radius 2 is 2.13 bits per heavy atom. The fraction of sp³-hybridized carbons (Fsp3) is 0.364. The normalized spacial score (nSPS) is 18.5. The average Bonchev–Trinajstić information content (AvgIpc) is 2.61. The van der Waals surface area contributed by atoms with Crippen molar-refractivity contribution in [2.45, 2.75) is 19.4 Å². The van der Waals surface area contributed by atoms with E-state index in [0.717, 1.165) is 34.1 Å². The van der Waals surface area contributed by atoms with E-state index in [-0.39, 0.29) is 0 Å². The van der Waals surface area contributed by atoms with Crippen molar-refractivity contribution in [3.8, 4) is 0 Å². The largest absolute Gasteiger partial charge is 0.356 e. The number of benzene rings is 1. The summed E-state index contributed by atoms with van der Waals surface area (Å²) in [5.74, 6) is 1.26. The molecule has 0 atom stereocenters. The molecule has 1 aromatic carbocycles. The summed E-state index contributed by atoms with van der Waals surface area (Å²) in [5.41, 5.74) is 2.42. The molecule has 2 aliphatic rings. The first-order chi connectivity index (χ1) is 7.24. The van der Waals surface area contributed by atoms with Crippen molar-refractivity contribution >= 4 is 43.4 Å². The van der Waals surface area contributed by atoms with Gasteiger partial charge >= 0.3 is 0 Å². The van der Waals surface area contributed by atoms with Crippen molar-refractivity contribution in [2.24, 2.45) is 4.99 Å². The maximum atomic E-state index is 4.72. The summed E-state index contributed by atoms with van der Waals surface area (Å²) in [6.07, 6.45) is 2.37. The van der Waals surface area contributed by atoms with Crippen LogP contribution in [0.1, 0.15) is 18.4 Å². The van der Waals surface area contributed by atoms with E-state index in [1.165, 1.54) is 17.8 Å². The van der Waals surface area contributed by atoms with Crippen LogP contribution in [-0.2, 0) is 6.54 Å². The van der Waals surface area contributed by atoms with Gasteiger partial charge in [0, 0.05) is 28.5 Å². The molecule has 2 nitrogen and oxygen atoms in total. The lowest BCUT2D eigenvalue weighted by molar-refractivity contribution is 0.443. The molecule has 1 aromatic rings. The second-order valence-electron chi connectivity index (χ2n) is 3.95. The molecule has 0 saturated carbocycles. The number of hydrogen-bond donors (Lipinski definition) is 0. The summed E-state index contributed by atoms with van der Waals surface area (Å²) >= 11 is 7.09. The lowest BCUT2D eigenvalue weighted by Gasteiger charge is -2.25. The van der Waals surface area contributed by atoms with Crippen LogP contribution in [0, 0.1) is 0 Å². The third-order valence-corrected chi connectivity index (χ3v) is 3.96. The predicted molar refractivity (Wildman–Crippen MR) is 68.6 cm³/mol. The lowest BCUT2D eigenvalue weighted by atomic mass is 10.1. The van der Waals surface area contributed by atoms with E-state index in [0.29, 0.717) is 0 Å². The molecule has 0 amide bonds. The van der Waals surface area contributed by atoms with Crippen molar-refractivity contribution in [2.75, 3.05) is 6.54 Å². The molecule has 0 N–H and O–H groups in total. The number of halogens is 2. The number of fused-ring (bicyclic) bond motifs is 2. The molecule has 3 rings (SSSR count). The maximum Gasteiger partial charge on any atom is 0.105 e. The van der Waals surface area contributed by atoms with Crippen molar-refractivity contribution in [3.63, 3.8) is 0 Å². The van der Waals surface area contributed by atoms with Crippen LogP contribution in [0.3, 0.4) is 0 Å². The Morgan fingerprint density at radius 3 is 3.00 bits per heavy atom. The second-order valence-corrected chi connectivity index (χ2v) is 5.72. The van der Waals surface area contributed by atoms with Crippen LogP contribution in [0.2, 0.25) is 0 Å². The third kappa shape index (κ3) is 1.64. The highest BCUT2D eigenvalue weighted by Gasteiger charge is 2.25. The topological polar surface area (TPSA) is 15.6 Å². The molecule has 15 heavy (non-hydrogen) atoms. The zero-order chi connectivity index (χ0) is 10.4. The van der Waals surface area contributed by atoms with Crippen molar-refractivity contribution in [1.29, 1.82) is 0 Å². The van der Waals surface area contributed by atoms with E-state index in [1.54, 1.807) is 0 Å². The third-order valence-electron chi connectivity index (χ3n) is 2.90. The minimum Gasteiger partial charge on any atom is -0.356 e. The zero-order valence-electron chi connectivity index (χ0n) is 8.13. The first kappa shape index (κ1) is 9.85. The Hall–Kier alpha value is -0.350. The molecule has 1 fully saturated rings. The molecule has 0 unspecified atom stereocenters. The fourth-order valence-corrected chi connectivity index (χ4v) is 3.61. The Balaban J connectivity index is 2.15. The van der Waals surface area contributed by atoms with E-state index in [9.17, 15) is 0 Å². The monoisotopic (exact) mass is 328 g/mol. The van der Waals surface area contributed by atoms with Gasteiger partial charge in [-0.05, 0) is 40.0 Å². The summed E-state index contributed by atoms with van der Waals surface area (Å²) in [4.78, 5) is 7.10. The van der Waals surface area contributed by atoms with Gasteiger partial charge in [-0.1, -0.05) is 15.9 Å².